The molecule has 7 heteroatoms. The summed E-state index contributed by atoms with van der Waals surface area (Å²) in [6.07, 6.45) is 0.534. The maximum absolute atomic E-state index is 13.7. The third-order valence-corrected chi connectivity index (χ3v) is 8.42. The Bertz CT molecular complexity index is 1520. The van der Waals surface area contributed by atoms with Gasteiger partial charge in [0.05, 0.1) is 17.5 Å². The topological polar surface area (TPSA) is 79.5 Å². The fourth-order valence-electron chi connectivity index (χ4n) is 4.19. The van der Waals surface area contributed by atoms with E-state index < -0.39 is 10.0 Å². The number of aromatic nitrogens is 1. The molecule has 4 aromatic rings. The van der Waals surface area contributed by atoms with Gasteiger partial charge in [0, 0.05) is 18.7 Å². The van der Waals surface area contributed by atoms with Gasteiger partial charge in [0.1, 0.15) is 5.75 Å². The van der Waals surface area contributed by atoms with Gasteiger partial charge in [0.2, 0.25) is 10.0 Å². The van der Waals surface area contributed by atoms with E-state index in [1.54, 1.807) is 18.2 Å². The van der Waals surface area contributed by atoms with E-state index in [0.29, 0.717) is 17.7 Å². The predicted molar refractivity (Wildman–Crippen MR) is 140 cm³/mol. The summed E-state index contributed by atoms with van der Waals surface area (Å²) in [6, 6.07) is 20.0. The van der Waals surface area contributed by atoms with E-state index in [1.807, 2.05) is 57.2 Å². The van der Waals surface area contributed by atoms with Crippen molar-refractivity contribution >= 4 is 20.9 Å². The Morgan fingerprint density at radius 1 is 0.886 bits per heavy atom. The van der Waals surface area contributed by atoms with Gasteiger partial charge < -0.3 is 9.72 Å². The zero-order chi connectivity index (χ0) is 25.2. The van der Waals surface area contributed by atoms with E-state index in [1.165, 1.54) is 23.5 Å². The van der Waals surface area contributed by atoms with Crippen molar-refractivity contribution in [1.29, 1.82) is 0 Å². The summed E-state index contributed by atoms with van der Waals surface area (Å²) in [5.74, 6) is 0.576. The highest BCUT2D eigenvalue weighted by Gasteiger charge is 2.26. The molecule has 1 heterocycles. The van der Waals surface area contributed by atoms with Crippen LogP contribution < -0.4 is 10.3 Å². The van der Waals surface area contributed by atoms with Gasteiger partial charge in [-0.3, -0.25) is 4.79 Å². The quantitative estimate of drug-likeness (QED) is 0.381. The molecule has 0 aliphatic carbocycles. The minimum Gasteiger partial charge on any atom is -0.497 e. The van der Waals surface area contributed by atoms with Crippen LogP contribution in [0.15, 0.2) is 76.4 Å². The van der Waals surface area contributed by atoms with Crippen molar-refractivity contribution < 1.29 is 13.2 Å². The second-order valence-electron chi connectivity index (χ2n) is 8.79. The first-order valence-corrected chi connectivity index (χ1v) is 13.0. The summed E-state index contributed by atoms with van der Waals surface area (Å²) in [4.78, 5) is 16.1. The monoisotopic (exact) mass is 490 g/mol. The minimum atomic E-state index is -3.87. The second-order valence-corrected chi connectivity index (χ2v) is 10.7. The van der Waals surface area contributed by atoms with Crippen LogP contribution in [-0.2, 0) is 23.0 Å². The van der Waals surface area contributed by atoms with Gasteiger partial charge in [-0.25, -0.2) is 8.42 Å². The van der Waals surface area contributed by atoms with Gasteiger partial charge in [-0.05, 0) is 85.2 Å². The Morgan fingerprint density at radius 2 is 1.60 bits per heavy atom. The van der Waals surface area contributed by atoms with E-state index in [0.717, 1.165) is 33.2 Å². The van der Waals surface area contributed by atoms with Crippen LogP contribution in [0.2, 0.25) is 0 Å². The predicted octanol–water partition coefficient (Wildman–Crippen LogP) is 4.90. The van der Waals surface area contributed by atoms with Gasteiger partial charge in [-0.1, -0.05) is 36.4 Å². The number of sulfonamides is 1. The van der Waals surface area contributed by atoms with Gasteiger partial charge in [0.25, 0.3) is 5.56 Å². The van der Waals surface area contributed by atoms with E-state index in [4.69, 9.17) is 4.74 Å². The summed E-state index contributed by atoms with van der Waals surface area (Å²) < 4.78 is 33.9. The highest BCUT2D eigenvalue weighted by atomic mass is 32.2. The molecule has 0 atom stereocenters. The number of nitrogens with zero attached hydrogens (tertiary/aromatic N) is 1. The number of benzene rings is 3. The zero-order valence-corrected chi connectivity index (χ0v) is 21.3. The molecule has 0 saturated heterocycles. The molecule has 0 unspecified atom stereocenters. The van der Waals surface area contributed by atoms with Crippen molar-refractivity contribution in [3.8, 4) is 5.75 Å². The van der Waals surface area contributed by atoms with Crippen molar-refractivity contribution in [1.82, 2.24) is 9.29 Å². The van der Waals surface area contributed by atoms with Crippen LogP contribution in [0.5, 0.6) is 5.75 Å². The SMILES string of the molecule is COc1ccc(S(=O)(=O)N(CCc2ccccc2C)Cc2cc3ccc(C)c(C)c3[nH]c2=O)cc1. The maximum atomic E-state index is 13.7. The van der Waals surface area contributed by atoms with E-state index in [2.05, 4.69) is 4.98 Å². The van der Waals surface area contributed by atoms with E-state index in [-0.39, 0.29) is 23.5 Å². The lowest BCUT2D eigenvalue weighted by Gasteiger charge is -2.23. The number of pyridine rings is 1. The third kappa shape index (κ3) is 5.16. The Morgan fingerprint density at radius 3 is 2.29 bits per heavy atom. The number of aryl methyl sites for hydroxylation is 3. The molecule has 0 fully saturated rings. The van der Waals surface area contributed by atoms with Crippen LogP contribution >= 0.6 is 0 Å². The van der Waals surface area contributed by atoms with Crippen LogP contribution in [0.4, 0.5) is 0 Å². The van der Waals surface area contributed by atoms with Gasteiger partial charge >= 0.3 is 0 Å². The third-order valence-electron chi connectivity index (χ3n) is 6.56. The average Bonchev–Trinajstić information content (AvgIpc) is 2.85. The van der Waals surface area contributed by atoms with Crippen LogP contribution in [0.25, 0.3) is 10.9 Å². The number of ether oxygens (including phenoxy) is 1. The lowest BCUT2D eigenvalue weighted by atomic mass is 10.0. The van der Waals surface area contributed by atoms with Crippen LogP contribution in [0, 0.1) is 20.8 Å². The molecule has 35 heavy (non-hydrogen) atoms. The Hall–Kier alpha value is -3.42. The molecule has 182 valence electrons. The second kappa shape index (κ2) is 10.1. The van der Waals surface area contributed by atoms with E-state index in [9.17, 15) is 13.2 Å². The Balaban J connectivity index is 1.73. The number of hydrogen-bond donors (Lipinski definition) is 1. The van der Waals surface area contributed by atoms with Crippen molar-refractivity contribution in [3.05, 3.63) is 105 Å². The molecule has 0 saturated carbocycles. The number of H-pyrrole nitrogens is 1. The van der Waals surface area contributed by atoms with Crippen LogP contribution in [0.1, 0.15) is 27.8 Å². The normalized spacial score (nSPS) is 11.8. The van der Waals surface area contributed by atoms with Gasteiger partial charge in [-0.15, -0.1) is 0 Å². The van der Waals surface area contributed by atoms with Gasteiger partial charge in [-0.2, -0.15) is 4.31 Å². The van der Waals surface area contributed by atoms with Crippen molar-refractivity contribution in [3.63, 3.8) is 0 Å². The highest BCUT2D eigenvalue weighted by Crippen LogP contribution is 2.24. The minimum absolute atomic E-state index is 0.0293. The molecule has 1 aromatic heterocycles. The molecule has 0 amide bonds. The number of methoxy groups -OCH3 is 1. The summed E-state index contributed by atoms with van der Waals surface area (Å²) in [5.41, 5.74) is 5.17. The maximum Gasteiger partial charge on any atom is 0.252 e. The first-order valence-electron chi connectivity index (χ1n) is 11.5. The molecule has 0 radical (unpaired) electrons. The number of nitrogens with one attached hydrogen (secondary N) is 1. The fourth-order valence-corrected chi connectivity index (χ4v) is 5.61. The summed E-state index contributed by atoms with van der Waals surface area (Å²) in [5, 5.41) is 0.878. The summed E-state index contributed by atoms with van der Waals surface area (Å²) in [6.45, 7) is 6.18. The molecule has 0 aliphatic heterocycles. The Kier molecular flexibility index (Phi) is 7.10. The van der Waals surface area contributed by atoms with Gasteiger partial charge in [0.15, 0.2) is 0 Å². The molecular formula is C28H30N2O4S. The molecule has 0 aliphatic rings. The highest BCUT2D eigenvalue weighted by molar-refractivity contribution is 7.89. The lowest BCUT2D eigenvalue weighted by molar-refractivity contribution is 0.406. The molecule has 0 bridgehead atoms. The Labute approximate surface area is 206 Å². The van der Waals surface area contributed by atoms with E-state index >= 15 is 0 Å². The van der Waals surface area contributed by atoms with Crippen LogP contribution in [0.3, 0.4) is 0 Å². The largest absolute Gasteiger partial charge is 0.497 e. The molecule has 4 rings (SSSR count). The lowest BCUT2D eigenvalue weighted by Crippen LogP contribution is -2.34. The average molecular weight is 491 g/mol. The summed E-state index contributed by atoms with van der Waals surface area (Å²) >= 11 is 0. The van der Waals surface area contributed by atoms with Crippen LogP contribution in [-0.4, -0.2) is 31.4 Å². The van der Waals surface area contributed by atoms with Crippen molar-refractivity contribution in [2.45, 2.75) is 38.6 Å². The molecular weight excluding hydrogens is 460 g/mol. The smallest absolute Gasteiger partial charge is 0.252 e. The first-order chi connectivity index (χ1) is 16.7. The standard InChI is InChI=1S/C28H30N2O4S/c1-19-9-10-23-17-24(28(31)29-27(23)21(19)3)18-30(16-15-22-8-6-5-7-20(22)2)35(32,33)26-13-11-25(34-4)12-14-26/h5-14,17H,15-16,18H2,1-4H3,(H,29,31). The number of fused-ring (bicyclic) bond motifs is 1. The molecule has 3 aromatic carbocycles. The fraction of sp³-hybridized carbons (Fsp3) is 0.250. The number of aromatic amines is 1. The van der Waals surface area contributed by atoms with Crippen molar-refractivity contribution in [2.24, 2.45) is 0 Å². The van der Waals surface area contributed by atoms with Crippen molar-refractivity contribution in [2.75, 3.05) is 13.7 Å². The first kappa shape index (κ1) is 24.7. The zero-order valence-electron chi connectivity index (χ0n) is 20.5. The molecule has 0 spiro atoms. The molecule has 1 N–H and O–H groups in total. The number of rotatable bonds is 8. The number of hydrogen-bond acceptors (Lipinski definition) is 4. The molecule has 6 nitrogen and oxygen atoms in total. The summed E-state index contributed by atoms with van der Waals surface area (Å²) in [7, 11) is -2.33.